The number of nitrogens with zero attached hydrogens (tertiary/aromatic N) is 4. The predicted octanol–water partition coefficient (Wildman–Crippen LogP) is 17.6. The summed E-state index contributed by atoms with van der Waals surface area (Å²) < 4.78 is 37.4. The standard InChI is InChI=1S/C67H45N4O.Pt/c1-46-39-66(68-44-60(46)51-29-15-6-16-30-51)71-61-38-37-52(47-21-7-2-8-22-47)40-58(61)59-42-57(50-27-13-5-14-28-50)65(43-64(59)71)72-54-32-19-31-53(41-54)69-45-70(63-36-18-17-35-62(63)69)67-55(48-23-9-3-10-24-48)33-20-34-56(67)49-25-11-4-12-26-49;/h2-40,42,44-45H,1H3;/q-3;/i19D,31D,32D;. The van der Waals surface area contributed by atoms with Gasteiger partial charge < -0.3 is 19.1 Å². The molecule has 5 nitrogen and oxygen atoms in total. The number of hydrogen-bond acceptors (Lipinski definition) is 4. The maximum absolute atomic E-state index is 9.49. The Morgan fingerprint density at radius 2 is 1.04 bits per heavy atom. The van der Waals surface area contributed by atoms with E-state index in [1.54, 1.807) is 0 Å². The van der Waals surface area contributed by atoms with Crippen LogP contribution in [0.25, 0.3) is 83.3 Å². The van der Waals surface area contributed by atoms with Gasteiger partial charge >= 0.3 is 0 Å². The number of pyridine rings is 1. The number of benzene rings is 10. The zero-order chi connectivity index (χ0) is 50.6. The Morgan fingerprint density at radius 1 is 0.493 bits per heavy atom. The molecule has 0 fully saturated rings. The van der Waals surface area contributed by atoms with Crippen molar-refractivity contribution in [1.82, 2.24) is 9.55 Å². The molecule has 12 aromatic rings. The van der Waals surface area contributed by atoms with E-state index in [1.165, 1.54) is 0 Å². The van der Waals surface area contributed by atoms with Crippen molar-refractivity contribution in [3.8, 4) is 73.0 Å². The topological polar surface area (TPSA) is 33.5 Å². The van der Waals surface area contributed by atoms with Gasteiger partial charge in [0.2, 0.25) is 0 Å². The predicted molar refractivity (Wildman–Crippen MR) is 296 cm³/mol. The minimum Gasteiger partial charge on any atom is -0.509 e. The molecular weight excluding hydrogens is 1070 g/mol. The average molecular weight is 1120 g/mol. The van der Waals surface area contributed by atoms with E-state index >= 15 is 0 Å². The Kier molecular flexibility index (Phi) is 11.2. The van der Waals surface area contributed by atoms with Crippen molar-refractivity contribution in [2.24, 2.45) is 0 Å². The number of aromatic nitrogens is 2. The molecule has 3 heterocycles. The molecule has 0 bridgehead atoms. The number of hydrogen-bond donors (Lipinski definition) is 0. The first-order valence-electron chi connectivity index (χ1n) is 25.5. The van der Waals surface area contributed by atoms with Crippen LogP contribution in [0.3, 0.4) is 0 Å². The monoisotopic (exact) mass is 1120 g/mol. The fourth-order valence-electron chi connectivity index (χ4n) is 10.1. The summed E-state index contributed by atoms with van der Waals surface area (Å²) in [5.74, 6) is 1.05. The maximum atomic E-state index is 9.49. The molecule has 73 heavy (non-hydrogen) atoms. The fourth-order valence-corrected chi connectivity index (χ4v) is 10.1. The summed E-state index contributed by atoms with van der Waals surface area (Å²) in [5, 5.41) is 1.95. The summed E-state index contributed by atoms with van der Waals surface area (Å²) >= 11 is 0. The molecule has 0 aliphatic carbocycles. The quantitative estimate of drug-likeness (QED) is 0.128. The van der Waals surface area contributed by atoms with E-state index in [9.17, 15) is 4.11 Å². The summed E-state index contributed by atoms with van der Waals surface area (Å²) in [7, 11) is 0. The number of ether oxygens (including phenoxy) is 1. The molecule has 10 aromatic carbocycles. The van der Waals surface area contributed by atoms with Crippen LogP contribution in [0.5, 0.6) is 11.5 Å². The molecule has 2 aromatic heterocycles. The van der Waals surface area contributed by atoms with Gasteiger partial charge in [0.1, 0.15) is 5.82 Å². The normalized spacial score (nSPS) is 12.5. The summed E-state index contributed by atoms with van der Waals surface area (Å²) in [5.41, 5.74) is 15.7. The van der Waals surface area contributed by atoms with Gasteiger partial charge in [-0.05, 0) is 72.7 Å². The van der Waals surface area contributed by atoms with Crippen molar-refractivity contribution in [2.75, 3.05) is 9.80 Å². The van der Waals surface area contributed by atoms with Crippen LogP contribution in [0.15, 0.2) is 249 Å². The largest absolute Gasteiger partial charge is 0.509 e. The summed E-state index contributed by atoms with van der Waals surface area (Å²) in [6.07, 6.45) is 1.93. The molecule has 13 rings (SSSR count). The molecule has 0 saturated carbocycles. The minimum atomic E-state index is -0.291. The van der Waals surface area contributed by atoms with Crippen LogP contribution in [-0.4, -0.2) is 9.55 Å². The zero-order valence-corrected chi connectivity index (χ0v) is 41.8. The third-order valence-corrected chi connectivity index (χ3v) is 13.5. The Hall–Kier alpha value is -8.76. The zero-order valence-electron chi connectivity index (χ0n) is 42.5. The molecular formula is C67H45N4OPt-3. The van der Waals surface area contributed by atoms with E-state index in [1.807, 2.05) is 127 Å². The van der Waals surface area contributed by atoms with Crippen LogP contribution in [0.4, 0.5) is 22.7 Å². The number of rotatable bonds is 10. The van der Waals surface area contributed by atoms with E-state index < -0.39 is 0 Å². The van der Waals surface area contributed by atoms with Crippen molar-refractivity contribution < 1.29 is 29.9 Å². The molecule has 352 valence electrons. The van der Waals surface area contributed by atoms with Crippen LogP contribution < -0.4 is 14.5 Å². The van der Waals surface area contributed by atoms with Crippen LogP contribution in [-0.2, 0) is 21.1 Å². The molecule has 6 heteroatoms. The van der Waals surface area contributed by atoms with Gasteiger partial charge in [0.25, 0.3) is 0 Å². The summed E-state index contributed by atoms with van der Waals surface area (Å²) in [4.78, 5) is 9.17. The van der Waals surface area contributed by atoms with Crippen LogP contribution >= 0.6 is 0 Å². The van der Waals surface area contributed by atoms with Crippen LogP contribution in [0.2, 0.25) is 0 Å². The minimum absolute atomic E-state index is 0. The van der Waals surface area contributed by atoms with E-state index in [0.717, 1.165) is 100 Å². The molecule has 0 saturated heterocycles. The molecule has 0 radical (unpaired) electrons. The molecule has 0 unspecified atom stereocenters. The van der Waals surface area contributed by atoms with E-state index in [4.69, 9.17) is 9.72 Å². The summed E-state index contributed by atoms with van der Waals surface area (Å²) in [6.45, 7) is 4.07. The number of aryl methyl sites for hydroxylation is 1. The number of para-hydroxylation sites is 3. The fraction of sp³-hybridized carbons (Fsp3) is 0.0149. The second-order valence-electron chi connectivity index (χ2n) is 17.9. The Balaban J connectivity index is 0.00000582. The van der Waals surface area contributed by atoms with Crippen molar-refractivity contribution >= 4 is 44.6 Å². The first kappa shape index (κ1) is 42.0. The Morgan fingerprint density at radius 3 is 1.64 bits per heavy atom. The second kappa shape index (κ2) is 19.4. The second-order valence-corrected chi connectivity index (χ2v) is 17.9. The molecule has 0 N–H and O–H groups in total. The van der Waals surface area contributed by atoms with Gasteiger partial charge in [-0.25, -0.2) is 4.98 Å². The molecule has 0 atom stereocenters. The number of anilines is 4. The average Bonchev–Trinajstić information content (AvgIpc) is 4.01. The third kappa shape index (κ3) is 8.38. The van der Waals surface area contributed by atoms with E-state index in [0.29, 0.717) is 11.6 Å². The van der Waals surface area contributed by atoms with Crippen molar-refractivity contribution in [1.29, 1.82) is 0 Å². The van der Waals surface area contributed by atoms with Crippen LogP contribution in [0.1, 0.15) is 9.68 Å². The molecule has 1 aliphatic rings. The SMILES string of the molecule is [2H]c1c(Oc2[c-]c3c(cc2-c2ccccc2)c2cc(-c4ccccc4)ccc2n3-c2cc(C)c(-c3ccccc3)cn2)[c-]c(N2[CH-]N(c3c(-c4ccccc4)cccc3-c3ccccc3)c3ccccc32)c([2H])c1[2H].[Pt]. The molecule has 1 aliphatic heterocycles. The van der Waals surface area contributed by atoms with Crippen molar-refractivity contribution in [3.05, 3.63) is 273 Å². The Labute approximate surface area is 444 Å². The van der Waals surface area contributed by atoms with Crippen molar-refractivity contribution in [2.45, 2.75) is 6.92 Å². The van der Waals surface area contributed by atoms with Crippen LogP contribution in [0, 0.1) is 25.7 Å². The Bertz CT molecular complexity index is 4060. The first-order valence-corrected chi connectivity index (χ1v) is 24.0. The van der Waals surface area contributed by atoms with Crippen molar-refractivity contribution in [3.63, 3.8) is 0 Å². The smallest absolute Gasteiger partial charge is 0.135 e. The maximum Gasteiger partial charge on any atom is 0.135 e. The van der Waals surface area contributed by atoms with Gasteiger partial charge in [0, 0.05) is 79.4 Å². The number of fused-ring (bicyclic) bond motifs is 4. The summed E-state index contributed by atoms with van der Waals surface area (Å²) in [6, 6.07) is 82.9. The first-order chi connectivity index (χ1) is 36.9. The van der Waals surface area contributed by atoms with E-state index in [2.05, 4.69) is 144 Å². The molecule has 0 spiro atoms. The van der Waals surface area contributed by atoms with E-state index in [-0.39, 0.29) is 50.6 Å². The van der Waals surface area contributed by atoms with Gasteiger partial charge in [0.15, 0.2) is 0 Å². The van der Waals surface area contributed by atoms with Gasteiger partial charge in [-0.15, -0.1) is 42.0 Å². The van der Waals surface area contributed by atoms with Gasteiger partial charge in [-0.1, -0.05) is 211 Å². The molecule has 0 amide bonds. The van der Waals surface area contributed by atoms with Gasteiger partial charge in [0.05, 0.1) is 0 Å². The third-order valence-electron chi connectivity index (χ3n) is 13.5. The van der Waals surface area contributed by atoms with Gasteiger partial charge in [-0.2, -0.15) is 12.1 Å². The van der Waals surface area contributed by atoms with Gasteiger partial charge in [-0.3, -0.25) is 0 Å².